The van der Waals surface area contributed by atoms with Crippen LogP contribution in [0.15, 0.2) is 12.4 Å². The highest BCUT2D eigenvalue weighted by atomic mass is 15.3. The Morgan fingerprint density at radius 2 is 2.43 bits per heavy atom. The molecule has 1 heterocycles. The van der Waals surface area contributed by atoms with Crippen molar-refractivity contribution in [2.75, 3.05) is 11.9 Å². The highest BCUT2D eigenvalue weighted by molar-refractivity contribution is 5.38. The van der Waals surface area contributed by atoms with Crippen LogP contribution in [-0.4, -0.2) is 21.9 Å². The Bertz CT molecular complexity index is 312. The molecule has 1 aromatic heterocycles. The fourth-order valence-electron chi connectivity index (χ4n) is 1.69. The van der Waals surface area contributed by atoms with E-state index in [-0.39, 0.29) is 5.54 Å². The highest BCUT2D eigenvalue weighted by Gasteiger charge is 2.38. The van der Waals surface area contributed by atoms with Crippen molar-refractivity contribution in [3.05, 3.63) is 12.4 Å². The van der Waals surface area contributed by atoms with E-state index in [0.29, 0.717) is 5.92 Å². The lowest BCUT2D eigenvalue weighted by molar-refractivity contribution is 0.432. The summed E-state index contributed by atoms with van der Waals surface area (Å²) in [5, 5.41) is 7.41. The molecule has 0 aromatic carbocycles. The lowest BCUT2D eigenvalue weighted by Gasteiger charge is -2.24. The van der Waals surface area contributed by atoms with Crippen LogP contribution in [0.4, 0.5) is 5.69 Å². The predicted molar refractivity (Wildman–Crippen MR) is 57.0 cm³/mol. The molecule has 78 valence electrons. The van der Waals surface area contributed by atoms with Gasteiger partial charge in [0.15, 0.2) is 0 Å². The van der Waals surface area contributed by atoms with E-state index >= 15 is 0 Å². The Hall–Kier alpha value is -1.03. The van der Waals surface area contributed by atoms with Crippen molar-refractivity contribution in [2.45, 2.75) is 25.3 Å². The lowest BCUT2D eigenvalue weighted by atomic mass is 9.97. The lowest BCUT2D eigenvalue weighted by Crippen LogP contribution is -2.45. The third-order valence-electron chi connectivity index (χ3n) is 2.89. The van der Waals surface area contributed by atoms with Crippen molar-refractivity contribution in [3.63, 3.8) is 0 Å². The number of anilines is 1. The second-order valence-electron chi connectivity index (χ2n) is 4.54. The number of aryl methyl sites for hydroxylation is 1. The largest absolute Gasteiger partial charge is 0.381 e. The van der Waals surface area contributed by atoms with E-state index in [0.717, 1.165) is 12.2 Å². The molecule has 3 N–H and O–H groups in total. The standard InChI is InChI=1S/C10H18N4/c1-10(11,8-3-4-8)7-12-9-5-13-14(2)6-9/h5-6,8,12H,3-4,7,11H2,1-2H3. The van der Waals surface area contributed by atoms with Gasteiger partial charge in [-0.3, -0.25) is 4.68 Å². The fourth-order valence-corrected chi connectivity index (χ4v) is 1.69. The molecule has 0 amide bonds. The monoisotopic (exact) mass is 194 g/mol. The first-order chi connectivity index (χ1) is 6.58. The van der Waals surface area contributed by atoms with E-state index in [1.54, 1.807) is 4.68 Å². The zero-order valence-electron chi connectivity index (χ0n) is 8.83. The second kappa shape index (κ2) is 3.28. The maximum Gasteiger partial charge on any atom is 0.0727 e. The van der Waals surface area contributed by atoms with Crippen molar-refractivity contribution in [2.24, 2.45) is 18.7 Å². The molecule has 0 bridgehead atoms. The van der Waals surface area contributed by atoms with Gasteiger partial charge in [0.2, 0.25) is 0 Å². The molecule has 0 radical (unpaired) electrons. The van der Waals surface area contributed by atoms with Gasteiger partial charge in [0.1, 0.15) is 0 Å². The molecule has 1 saturated carbocycles. The summed E-state index contributed by atoms with van der Waals surface area (Å²) in [5.41, 5.74) is 7.16. The number of nitrogens with two attached hydrogens (primary N) is 1. The number of nitrogens with one attached hydrogen (secondary N) is 1. The van der Waals surface area contributed by atoms with Crippen molar-refractivity contribution in [1.82, 2.24) is 9.78 Å². The molecule has 1 aliphatic carbocycles. The van der Waals surface area contributed by atoms with Gasteiger partial charge < -0.3 is 11.1 Å². The molecular weight excluding hydrogens is 176 g/mol. The van der Waals surface area contributed by atoms with Crippen LogP contribution in [0.25, 0.3) is 0 Å². The Labute approximate surface area is 84.5 Å². The zero-order valence-corrected chi connectivity index (χ0v) is 8.83. The minimum atomic E-state index is -0.0736. The smallest absolute Gasteiger partial charge is 0.0727 e. The molecule has 0 spiro atoms. The van der Waals surface area contributed by atoms with E-state index in [1.165, 1.54) is 12.8 Å². The summed E-state index contributed by atoms with van der Waals surface area (Å²) in [5.74, 6) is 0.701. The van der Waals surface area contributed by atoms with Crippen molar-refractivity contribution in [3.8, 4) is 0 Å². The number of hydrogen-bond acceptors (Lipinski definition) is 3. The van der Waals surface area contributed by atoms with Gasteiger partial charge >= 0.3 is 0 Å². The summed E-state index contributed by atoms with van der Waals surface area (Å²) in [6.07, 6.45) is 6.34. The van der Waals surface area contributed by atoms with Gasteiger partial charge in [-0.15, -0.1) is 0 Å². The molecule has 1 atom stereocenters. The Balaban J connectivity index is 1.87. The topological polar surface area (TPSA) is 55.9 Å². The quantitative estimate of drug-likeness (QED) is 0.750. The number of rotatable bonds is 4. The van der Waals surface area contributed by atoms with Crippen LogP contribution in [0.3, 0.4) is 0 Å². The van der Waals surface area contributed by atoms with Crippen LogP contribution < -0.4 is 11.1 Å². The van der Waals surface area contributed by atoms with E-state index in [4.69, 9.17) is 5.73 Å². The van der Waals surface area contributed by atoms with E-state index in [1.807, 2.05) is 19.4 Å². The molecule has 0 saturated heterocycles. The number of hydrogen-bond donors (Lipinski definition) is 2. The van der Waals surface area contributed by atoms with Crippen LogP contribution in [0.5, 0.6) is 0 Å². The van der Waals surface area contributed by atoms with E-state index < -0.39 is 0 Å². The molecule has 1 aromatic rings. The normalized spacial score (nSPS) is 20.5. The maximum atomic E-state index is 6.19. The Kier molecular flexibility index (Phi) is 2.23. The van der Waals surface area contributed by atoms with Gasteiger partial charge in [-0.1, -0.05) is 0 Å². The van der Waals surface area contributed by atoms with Gasteiger partial charge in [-0.2, -0.15) is 5.10 Å². The minimum absolute atomic E-state index is 0.0736. The third kappa shape index (κ3) is 2.07. The second-order valence-corrected chi connectivity index (χ2v) is 4.54. The third-order valence-corrected chi connectivity index (χ3v) is 2.89. The number of aromatic nitrogens is 2. The SMILES string of the molecule is Cn1cc(NCC(C)(N)C2CC2)cn1. The average Bonchev–Trinajstić information content (AvgIpc) is 2.89. The minimum Gasteiger partial charge on any atom is -0.381 e. The van der Waals surface area contributed by atoms with Crippen molar-refractivity contribution < 1.29 is 0 Å². The van der Waals surface area contributed by atoms with Gasteiger partial charge in [0.25, 0.3) is 0 Å². The molecule has 1 fully saturated rings. The van der Waals surface area contributed by atoms with E-state index in [9.17, 15) is 0 Å². The first-order valence-corrected chi connectivity index (χ1v) is 5.09. The van der Waals surface area contributed by atoms with Gasteiger partial charge in [-0.25, -0.2) is 0 Å². The summed E-state index contributed by atoms with van der Waals surface area (Å²) in [6, 6.07) is 0. The summed E-state index contributed by atoms with van der Waals surface area (Å²) < 4.78 is 1.79. The fraction of sp³-hybridized carbons (Fsp3) is 0.700. The van der Waals surface area contributed by atoms with Crippen molar-refractivity contribution >= 4 is 5.69 Å². The van der Waals surface area contributed by atoms with Crippen LogP contribution in [0, 0.1) is 5.92 Å². The molecular formula is C10H18N4. The van der Waals surface area contributed by atoms with Crippen molar-refractivity contribution in [1.29, 1.82) is 0 Å². The summed E-state index contributed by atoms with van der Waals surface area (Å²) in [6.45, 7) is 2.94. The highest BCUT2D eigenvalue weighted by Crippen LogP contribution is 2.37. The molecule has 2 rings (SSSR count). The first kappa shape index (κ1) is 9.52. The number of nitrogens with zero attached hydrogens (tertiary/aromatic N) is 2. The average molecular weight is 194 g/mol. The van der Waals surface area contributed by atoms with E-state index in [2.05, 4.69) is 17.3 Å². The van der Waals surface area contributed by atoms with Crippen LogP contribution in [0.2, 0.25) is 0 Å². The molecule has 4 heteroatoms. The van der Waals surface area contributed by atoms with Gasteiger partial charge in [0.05, 0.1) is 11.9 Å². The van der Waals surface area contributed by atoms with Crippen LogP contribution in [-0.2, 0) is 7.05 Å². The molecule has 1 aliphatic rings. The predicted octanol–water partition coefficient (Wildman–Crippen LogP) is 0.959. The molecule has 0 aliphatic heterocycles. The zero-order chi connectivity index (χ0) is 10.2. The first-order valence-electron chi connectivity index (χ1n) is 5.09. The maximum absolute atomic E-state index is 6.19. The molecule has 1 unspecified atom stereocenters. The van der Waals surface area contributed by atoms with Gasteiger partial charge in [-0.05, 0) is 25.7 Å². The van der Waals surface area contributed by atoms with Crippen LogP contribution in [0.1, 0.15) is 19.8 Å². The summed E-state index contributed by atoms with van der Waals surface area (Å²) in [7, 11) is 1.91. The summed E-state index contributed by atoms with van der Waals surface area (Å²) in [4.78, 5) is 0. The molecule has 14 heavy (non-hydrogen) atoms. The summed E-state index contributed by atoms with van der Waals surface area (Å²) >= 11 is 0. The van der Waals surface area contributed by atoms with Gasteiger partial charge in [0, 0.05) is 25.3 Å². The van der Waals surface area contributed by atoms with Crippen LogP contribution >= 0.6 is 0 Å². The Morgan fingerprint density at radius 1 is 1.71 bits per heavy atom. The Morgan fingerprint density at radius 3 is 2.93 bits per heavy atom. The molecule has 4 nitrogen and oxygen atoms in total.